The Morgan fingerprint density at radius 1 is 1.10 bits per heavy atom. The predicted molar refractivity (Wildman–Crippen MR) is 88.6 cm³/mol. The summed E-state index contributed by atoms with van der Waals surface area (Å²) in [7, 11) is 3.55. The molecular formula is C17H36N2O2. The highest BCUT2D eigenvalue weighted by Crippen LogP contribution is 2.37. The van der Waals surface area contributed by atoms with Crippen LogP contribution < -0.4 is 5.73 Å². The average Bonchev–Trinajstić information content (AvgIpc) is 2.52. The minimum atomic E-state index is 0.191. The molecule has 0 saturated heterocycles. The van der Waals surface area contributed by atoms with Crippen LogP contribution in [0, 0.1) is 5.92 Å². The van der Waals surface area contributed by atoms with Crippen molar-refractivity contribution in [1.29, 1.82) is 0 Å². The van der Waals surface area contributed by atoms with E-state index in [9.17, 15) is 0 Å². The van der Waals surface area contributed by atoms with Gasteiger partial charge in [0.25, 0.3) is 0 Å². The van der Waals surface area contributed by atoms with E-state index in [2.05, 4.69) is 11.8 Å². The molecule has 0 bridgehead atoms. The Hall–Kier alpha value is -0.160. The molecule has 126 valence electrons. The van der Waals surface area contributed by atoms with E-state index in [-0.39, 0.29) is 5.54 Å². The zero-order valence-corrected chi connectivity index (χ0v) is 14.4. The maximum atomic E-state index is 6.22. The minimum absolute atomic E-state index is 0.191. The number of rotatable bonds is 11. The van der Waals surface area contributed by atoms with Gasteiger partial charge in [-0.15, -0.1) is 0 Å². The van der Waals surface area contributed by atoms with Gasteiger partial charge in [0, 0.05) is 46.0 Å². The van der Waals surface area contributed by atoms with Crippen molar-refractivity contribution in [2.45, 2.75) is 57.4 Å². The molecule has 1 rings (SSSR count). The van der Waals surface area contributed by atoms with Gasteiger partial charge in [0.2, 0.25) is 0 Å². The molecule has 0 unspecified atom stereocenters. The van der Waals surface area contributed by atoms with Crippen LogP contribution >= 0.6 is 0 Å². The summed E-state index contributed by atoms with van der Waals surface area (Å²) in [6.07, 6.45) is 8.90. The Morgan fingerprint density at radius 3 is 2.29 bits per heavy atom. The number of hydrogen-bond donors (Lipinski definition) is 1. The summed E-state index contributed by atoms with van der Waals surface area (Å²) in [6.45, 7) is 6.71. The van der Waals surface area contributed by atoms with Crippen LogP contribution in [0.2, 0.25) is 0 Å². The van der Waals surface area contributed by atoms with Gasteiger partial charge < -0.3 is 15.2 Å². The van der Waals surface area contributed by atoms with Crippen LogP contribution in [0.5, 0.6) is 0 Å². The van der Waals surface area contributed by atoms with E-state index in [4.69, 9.17) is 15.2 Å². The molecule has 0 aliphatic heterocycles. The van der Waals surface area contributed by atoms with Gasteiger partial charge in [0.1, 0.15) is 0 Å². The van der Waals surface area contributed by atoms with Gasteiger partial charge in [-0.25, -0.2) is 0 Å². The van der Waals surface area contributed by atoms with Crippen molar-refractivity contribution < 1.29 is 9.47 Å². The largest absolute Gasteiger partial charge is 0.385 e. The Kier molecular flexibility index (Phi) is 9.49. The molecule has 4 nitrogen and oxygen atoms in total. The maximum Gasteiger partial charge on any atom is 0.0589 e. The monoisotopic (exact) mass is 300 g/mol. The zero-order chi connectivity index (χ0) is 15.6. The highest BCUT2D eigenvalue weighted by atomic mass is 16.5. The van der Waals surface area contributed by atoms with Crippen LogP contribution in [-0.4, -0.2) is 57.5 Å². The van der Waals surface area contributed by atoms with Gasteiger partial charge >= 0.3 is 0 Å². The van der Waals surface area contributed by atoms with Crippen molar-refractivity contribution in [3.8, 4) is 0 Å². The number of methoxy groups -OCH3 is 2. The first kappa shape index (κ1) is 18.9. The molecule has 0 heterocycles. The molecule has 1 saturated carbocycles. The molecule has 0 radical (unpaired) electrons. The quantitative estimate of drug-likeness (QED) is 0.596. The summed E-state index contributed by atoms with van der Waals surface area (Å²) in [5.41, 5.74) is 6.41. The van der Waals surface area contributed by atoms with Gasteiger partial charge in [0.05, 0.1) is 6.61 Å². The fourth-order valence-electron chi connectivity index (χ4n) is 3.75. The topological polar surface area (TPSA) is 47.7 Å². The molecule has 0 aromatic rings. The third kappa shape index (κ3) is 5.85. The Morgan fingerprint density at radius 2 is 1.76 bits per heavy atom. The summed E-state index contributed by atoms with van der Waals surface area (Å²) in [5, 5.41) is 0. The van der Waals surface area contributed by atoms with Crippen molar-refractivity contribution in [3.63, 3.8) is 0 Å². The number of nitrogens with zero attached hydrogens (tertiary/aromatic N) is 1. The summed E-state index contributed by atoms with van der Waals surface area (Å²) >= 11 is 0. The third-order valence-corrected chi connectivity index (χ3v) is 5.13. The Labute approximate surface area is 131 Å². The minimum Gasteiger partial charge on any atom is -0.385 e. The van der Waals surface area contributed by atoms with E-state index in [1.54, 1.807) is 14.2 Å². The fourth-order valence-corrected chi connectivity index (χ4v) is 3.75. The first-order valence-electron chi connectivity index (χ1n) is 8.65. The van der Waals surface area contributed by atoms with Gasteiger partial charge in [-0.1, -0.05) is 19.8 Å². The lowest BCUT2D eigenvalue weighted by atomic mass is 9.74. The van der Waals surface area contributed by atoms with E-state index < -0.39 is 0 Å². The van der Waals surface area contributed by atoms with Crippen LogP contribution in [-0.2, 0) is 9.47 Å². The third-order valence-electron chi connectivity index (χ3n) is 5.13. The summed E-state index contributed by atoms with van der Waals surface area (Å²) in [6, 6.07) is 0. The molecule has 21 heavy (non-hydrogen) atoms. The molecule has 2 N–H and O–H groups in total. The standard InChI is InChI=1S/C17H36N2O2/c1-4-6-16-7-9-17(15-18,10-8-16)19(12-14-21-3)11-5-13-20-2/h16H,4-15,18H2,1-3H3. The van der Waals surface area contributed by atoms with E-state index in [0.29, 0.717) is 0 Å². The zero-order valence-electron chi connectivity index (χ0n) is 14.4. The summed E-state index contributed by atoms with van der Waals surface area (Å²) in [4.78, 5) is 2.58. The number of ether oxygens (including phenoxy) is 2. The van der Waals surface area contributed by atoms with Gasteiger partial charge in [-0.05, 0) is 38.0 Å². The van der Waals surface area contributed by atoms with Crippen molar-refractivity contribution in [2.24, 2.45) is 11.7 Å². The normalized spacial score (nSPS) is 26.4. The number of nitrogens with two attached hydrogens (primary N) is 1. The molecule has 1 aliphatic carbocycles. The first-order valence-corrected chi connectivity index (χ1v) is 8.65. The van der Waals surface area contributed by atoms with Crippen LogP contribution in [0.1, 0.15) is 51.9 Å². The number of hydrogen-bond acceptors (Lipinski definition) is 4. The molecule has 0 aromatic heterocycles. The molecule has 1 fully saturated rings. The molecular weight excluding hydrogens is 264 g/mol. The second-order valence-corrected chi connectivity index (χ2v) is 6.49. The summed E-state index contributed by atoms with van der Waals surface area (Å²) < 4.78 is 10.5. The van der Waals surface area contributed by atoms with Crippen LogP contribution in [0.25, 0.3) is 0 Å². The van der Waals surface area contributed by atoms with Crippen LogP contribution in [0.4, 0.5) is 0 Å². The highest BCUT2D eigenvalue weighted by molar-refractivity contribution is 4.96. The SMILES string of the molecule is CCCC1CCC(CN)(N(CCCOC)CCOC)CC1. The van der Waals surface area contributed by atoms with Gasteiger partial charge in [-0.2, -0.15) is 0 Å². The van der Waals surface area contributed by atoms with Crippen molar-refractivity contribution in [1.82, 2.24) is 4.90 Å². The van der Waals surface area contributed by atoms with Crippen molar-refractivity contribution in [2.75, 3.05) is 47.1 Å². The van der Waals surface area contributed by atoms with E-state index in [1.165, 1.54) is 38.5 Å². The fraction of sp³-hybridized carbons (Fsp3) is 1.00. The molecule has 4 heteroatoms. The summed E-state index contributed by atoms with van der Waals surface area (Å²) in [5.74, 6) is 0.915. The van der Waals surface area contributed by atoms with E-state index >= 15 is 0 Å². The lowest BCUT2D eigenvalue weighted by Crippen LogP contribution is -2.57. The second kappa shape index (κ2) is 10.5. The lowest BCUT2D eigenvalue weighted by molar-refractivity contribution is 0.0160. The Bertz CT molecular complexity index is 253. The van der Waals surface area contributed by atoms with E-state index in [1.807, 2.05) is 0 Å². The van der Waals surface area contributed by atoms with Gasteiger partial charge in [0.15, 0.2) is 0 Å². The molecule has 0 spiro atoms. The first-order chi connectivity index (χ1) is 10.2. The average molecular weight is 300 g/mol. The van der Waals surface area contributed by atoms with Crippen LogP contribution in [0.15, 0.2) is 0 Å². The van der Waals surface area contributed by atoms with E-state index in [0.717, 1.165) is 45.2 Å². The molecule has 0 atom stereocenters. The molecule has 0 aromatic carbocycles. The highest BCUT2D eigenvalue weighted by Gasteiger charge is 2.38. The molecule has 1 aliphatic rings. The van der Waals surface area contributed by atoms with Gasteiger partial charge in [-0.3, -0.25) is 4.90 Å². The lowest BCUT2D eigenvalue weighted by Gasteiger charge is -2.48. The molecule has 0 amide bonds. The predicted octanol–water partition coefficient (Wildman–Crippen LogP) is 2.66. The Balaban J connectivity index is 2.61. The van der Waals surface area contributed by atoms with Crippen molar-refractivity contribution in [3.05, 3.63) is 0 Å². The smallest absolute Gasteiger partial charge is 0.0589 e. The maximum absolute atomic E-state index is 6.22. The second-order valence-electron chi connectivity index (χ2n) is 6.49. The van der Waals surface area contributed by atoms with Crippen molar-refractivity contribution >= 4 is 0 Å². The van der Waals surface area contributed by atoms with Crippen LogP contribution in [0.3, 0.4) is 0 Å².